The molecule has 1 N–H and O–H groups in total. The highest BCUT2D eigenvalue weighted by atomic mass is 35.5. The van der Waals surface area contributed by atoms with E-state index in [4.69, 9.17) is 11.6 Å². The molecule has 1 atom stereocenters. The maximum absolute atomic E-state index is 12.6. The van der Waals surface area contributed by atoms with Gasteiger partial charge in [0, 0.05) is 16.9 Å². The van der Waals surface area contributed by atoms with Gasteiger partial charge in [-0.2, -0.15) is 0 Å². The summed E-state index contributed by atoms with van der Waals surface area (Å²) < 4.78 is 0. The summed E-state index contributed by atoms with van der Waals surface area (Å²) in [6, 6.07) is 8.74. The van der Waals surface area contributed by atoms with Gasteiger partial charge >= 0.3 is 6.03 Å². The molecule has 23 heavy (non-hydrogen) atoms. The van der Waals surface area contributed by atoms with Crippen LogP contribution in [0.5, 0.6) is 0 Å². The van der Waals surface area contributed by atoms with E-state index in [-0.39, 0.29) is 12.3 Å². The lowest BCUT2D eigenvalue weighted by atomic mass is 10.2. The predicted molar refractivity (Wildman–Crippen MR) is 85.6 cm³/mol. The standard InChI is InChI=1S/C16H14ClN3O3/c1-10-15(22)19(9-14(21)13-3-2-8-18-13)16(23)20(10)12-6-4-11(17)5-7-12/h2-8,10,18H,9H2,1H3/t10-/m0/s1. The lowest BCUT2D eigenvalue weighted by Gasteiger charge is -2.19. The number of urea groups is 1. The Bertz CT molecular complexity index is 755. The van der Waals surface area contributed by atoms with Crippen LogP contribution in [-0.2, 0) is 4.79 Å². The van der Waals surface area contributed by atoms with E-state index >= 15 is 0 Å². The molecule has 1 aliphatic rings. The largest absolute Gasteiger partial charge is 0.359 e. The summed E-state index contributed by atoms with van der Waals surface area (Å²) in [5.74, 6) is -0.716. The number of nitrogens with one attached hydrogen (secondary N) is 1. The topological polar surface area (TPSA) is 73.5 Å². The zero-order valence-corrected chi connectivity index (χ0v) is 13.1. The summed E-state index contributed by atoms with van der Waals surface area (Å²) >= 11 is 5.85. The summed E-state index contributed by atoms with van der Waals surface area (Å²) in [6.07, 6.45) is 1.61. The van der Waals surface area contributed by atoms with E-state index in [1.165, 1.54) is 4.90 Å². The SMILES string of the molecule is C[C@H]1C(=O)N(CC(=O)c2ccc[nH]2)C(=O)N1c1ccc(Cl)cc1. The molecule has 1 aromatic heterocycles. The van der Waals surface area contributed by atoms with Gasteiger partial charge in [-0.05, 0) is 43.3 Å². The molecule has 3 amide bonds. The van der Waals surface area contributed by atoms with E-state index in [0.29, 0.717) is 16.4 Å². The van der Waals surface area contributed by atoms with Crippen molar-refractivity contribution >= 4 is 35.0 Å². The Morgan fingerprint density at radius 1 is 1.22 bits per heavy atom. The van der Waals surface area contributed by atoms with Crippen molar-refractivity contribution in [2.75, 3.05) is 11.4 Å². The highest BCUT2D eigenvalue weighted by Gasteiger charge is 2.44. The molecule has 7 heteroatoms. The molecule has 3 rings (SSSR count). The predicted octanol–water partition coefficient (Wildman–Crippen LogP) is 2.71. The minimum atomic E-state index is -0.667. The van der Waals surface area contributed by atoms with Crippen molar-refractivity contribution in [1.82, 2.24) is 9.88 Å². The first-order valence-corrected chi connectivity index (χ1v) is 7.43. The van der Waals surface area contributed by atoms with E-state index in [1.54, 1.807) is 49.5 Å². The second-order valence-corrected chi connectivity index (χ2v) is 5.67. The van der Waals surface area contributed by atoms with Gasteiger partial charge in [-0.3, -0.25) is 19.4 Å². The first-order chi connectivity index (χ1) is 11.0. The van der Waals surface area contributed by atoms with Gasteiger partial charge in [0.1, 0.15) is 6.04 Å². The molecule has 0 bridgehead atoms. The Labute approximate surface area is 137 Å². The summed E-state index contributed by atoms with van der Waals surface area (Å²) in [5, 5.41) is 0.540. The molecular formula is C16H14ClN3O3. The van der Waals surface area contributed by atoms with Crippen molar-refractivity contribution < 1.29 is 14.4 Å². The van der Waals surface area contributed by atoms with Gasteiger partial charge < -0.3 is 4.98 Å². The van der Waals surface area contributed by atoms with Crippen molar-refractivity contribution in [1.29, 1.82) is 0 Å². The summed E-state index contributed by atoms with van der Waals surface area (Å²) in [5.41, 5.74) is 0.929. The van der Waals surface area contributed by atoms with Gasteiger partial charge in [0.05, 0.1) is 12.2 Å². The van der Waals surface area contributed by atoms with Crippen molar-refractivity contribution in [3.8, 4) is 0 Å². The van der Waals surface area contributed by atoms with Crippen molar-refractivity contribution in [2.24, 2.45) is 0 Å². The van der Waals surface area contributed by atoms with Crippen LogP contribution in [0, 0.1) is 0 Å². The Morgan fingerprint density at radius 2 is 1.91 bits per heavy atom. The van der Waals surface area contributed by atoms with Crippen LogP contribution >= 0.6 is 11.6 Å². The van der Waals surface area contributed by atoms with E-state index in [2.05, 4.69) is 4.98 Å². The molecule has 0 saturated carbocycles. The number of H-pyrrole nitrogens is 1. The number of benzene rings is 1. The number of aromatic amines is 1. The fraction of sp³-hybridized carbons (Fsp3) is 0.188. The molecule has 6 nitrogen and oxygen atoms in total. The lowest BCUT2D eigenvalue weighted by Crippen LogP contribution is -2.37. The van der Waals surface area contributed by atoms with Crippen LogP contribution in [0.3, 0.4) is 0 Å². The average Bonchev–Trinajstić information content (AvgIpc) is 3.13. The fourth-order valence-corrected chi connectivity index (χ4v) is 2.67. The number of carbonyl (C=O) groups is 3. The summed E-state index contributed by atoms with van der Waals surface area (Å²) in [7, 11) is 0. The summed E-state index contributed by atoms with van der Waals surface area (Å²) in [4.78, 5) is 42.1. The number of carbonyl (C=O) groups excluding carboxylic acids is 3. The average molecular weight is 332 g/mol. The van der Waals surface area contributed by atoms with Crippen LogP contribution in [-0.4, -0.2) is 40.2 Å². The molecule has 1 saturated heterocycles. The molecule has 1 fully saturated rings. The van der Waals surface area contributed by atoms with Crippen LogP contribution in [0.1, 0.15) is 17.4 Å². The van der Waals surface area contributed by atoms with E-state index < -0.39 is 18.0 Å². The van der Waals surface area contributed by atoms with Crippen molar-refractivity contribution in [3.63, 3.8) is 0 Å². The first-order valence-electron chi connectivity index (χ1n) is 7.06. The van der Waals surface area contributed by atoms with Gasteiger partial charge in [-0.1, -0.05) is 11.6 Å². The lowest BCUT2D eigenvalue weighted by molar-refractivity contribution is -0.126. The molecule has 0 spiro atoms. The van der Waals surface area contributed by atoms with E-state index in [0.717, 1.165) is 4.90 Å². The highest BCUT2D eigenvalue weighted by Crippen LogP contribution is 2.27. The Morgan fingerprint density at radius 3 is 2.52 bits per heavy atom. The molecule has 0 aliphatic carbocycles. The third-order valence-corrected chi connectivity index (χ3v) is 4.00. The van der Waals surface area contributed by atoms with Crippen molar-refractivity contribution in [3.05, 3.63) is 53.3 Å². The maximum atomic E-state index is 12.6. The molecular weight excluding hydrogens is 318 g/mol. The molecule has 2 aromatic rings. The number of rotatable bonds is 4. The quantitative estimate of drug-likeness (QED) is 0.691. The first kappa shape index (κ1) is 15.3. The smallest absolute Gasteiger partial charge is 0.332 e. The van der Waals surface area contributed by atoms with Crippen LogP contribution in [0.25, 0.3) is 0 Å². The number of Topliss-reactive ketones (excluding diaryl/α,β-unsaturated/α-hetero) is 1. The van der Waals surface area contributed by atoms with Gasteiger partial charge in [0.25, 0.3) is 5.91 Å². The van der Waals surface area contributed by atoms with E-state index in [9.17, 15) is 14.4 Å². The minimum Gasteiger partial charge on any atom is -0.359 e. The minimum absolute atomic E-state index is 0.285. The summed E-state index contributed by atoms with van der Waals surface area (Å²) in [6.45, 7) is 1.35. The molecule has 1 aliphatic heterocycles. The van der Waals surface area contributed by atoms with E-state index in [1.807, 2.05) is 0 Å². The number of ketones is 1. The number of hydrogen-bond donors (Lipinski definition) is 1. The Hall–Kier alpha value is -2.60. The molecule has 0 radical (unpaired) electrons. The number of imide groups is 1. The number of amides is 3. The third kappa shape index (κ3) is 2.73. The second-order valence-electron chi connectivity index (χ2n) is 5.24. The number of anilines is 1. The van der Waals surface area contributed by atoms with Gasteiger partial charge in [-0.25, -0.2) is 4.79 Å². The van der Waals surface area contributed by atoms with Crippen LogP contribution in [0.4, 0.5) is 10.5 Å². The maximum Gasteiger partial charge on any atom is 0.332 e. The molecule has 1 aromatic carbocycles. The Balaban J connectivity index is 1.83. The van der Waals surface area contributed by atoms with Crippen molar-refractivity contribution in [2.45, 2.75) is 13.0 Å². The fourth-order valence-electron chi connectivity index (χ4n) is 2.54. The zero-order chi connectivity index (χ0) is 16.6. The van der Waals surface area contributed by atoms with Crippen LogP contribution in [0.15, 0.2) is 42.6 Å². The number of nitrogens with zero attached hydrogens (tertiary/aromatic N) is 2. The van der Waals surface area contributed by atoms with Crippen LogP contribution in [0.2, 0.25) is 5.02 Å². The number of hydrogen-bond acceptors (Lipinski definition) is 3. The number of aromatic nitrogens is 1. The van der Waals surface area contributed by atoms with Gasteiger partial charge in [-0.15, -0.1) is 0 Å². The number of halogens is 1. The third-order valence-electron chi connectivity index (χ3n) is 3.75. The van der Waals surface area contributed by atoms with Gasteiger partial charge in [0.15, 0.2) is 5.78 Å². The van der Waals surface area contributed by atoms with Crippen LogP contribution < -0.4 is 4.90 Å². The highest BCUT2D eigenvalue weighted by molar-refractivity contribution is 6.30. The molecule has 0 unspecified atom stereocenters. The Kier molecular flexibility index (Phi) is 3.92. The zero-order valence-electron chi connectivity index (χ0n) is 12.3. The second kappa shape index (κ2) is 5.89. The molecule has 2 heterocycles. The monoisotopic (exact) mass is 331 g/mol. The van der Waals surface area contributed by atoms with Gasteiger partial charge in [0.2, 0.25) is 0 Å². The normalized spacial score (nSPS) is 17.9. The molecule has 118 valence electrons.